The van der Waals surface area contributed by atoms with Crippen molar-refractivity contribution in [3.63, 3.8) is 0 Å². The maximum Gasteiger partial charge on any atom is 0.406 e. The number of halogens is 3. The van der Waals surface area contributed by atoms with Gasteiger partial charge in [0.2, 0.25) is 5.67 Å². The standard InChI is InChI=1S/C18H25F3O5S/c1-11(2)17(19,18(20,21)27(23,24)25)3-4-26-15(22)16-8-12-5-13(9-16)7-14(6-12)10-16/h12-14H,1,3-10H2,2H3,(H,23,24,25). The third-order valence-corrected chi connectivity index (χ3v) is 7.58. The van der Waals surface area contributed by atoms with E-state index in [1.165, 1.54) is 0 Å². The molecule has 0 amide bonds. The molecule has 4 aliphatic carbocycles. The molecule has 0 radical (unpaired) electrons. The van der Waals surface area contributed by atoms with E-state index in [-0.39, 0.29) is 0 Å². The zero-order chi connectivity index (χ0) is 20.3. The van der Waals surface area contributed by atoms with Crippen molar-refractivity contribution in [3.8, 4) is 0 Å². The Morgan fingerprint density at radius 3 is 1.96 bits per heavy atom. The quantitative estimate of drug-likeness (QED) is 0.391. The van der Waals surface area contributed by atoms with Crippen LogP contribution in [0.25, 0.3) is 0 Å². The molecule has 0 spiro atoms. The van der Waals surface area contributed by atoms with Gasteiger partial charge in [-0.1, -0.05) is 6.58 Å². The van der Waals surface area contributed by atoms with Crippen molar-refractivity contribution in [1.29, 1.82) is 0 Å². The Morgan fingerprint density at radius 2 is 1.59 bits per heavy atom. The first-order valence-corrected chi connectivity index (χ1v) is 10.6. The Hall–Kier alpha value is -1.09. The fourth-order valence-electron chi connectivity index (χ4n) is 5.61. The van der Waals surface area contributed by atoms with Crippen LogP contribution in [-0.2, 0) is 19.6 Å². The number of carbonyl (C=O) groups is 1. The van der Waals surface area contributed by atoms with E-state index in [0.29, 0.717) is 37.0 Å². The van der Waals surface area contributed by atoms with Crippen LogP contribution in [0.4, 0.5) is 13.2 Å². The molecular formula is C18H25F3O5S. The highest BCUT2D eigenvalue weighted by atomic mass is 32.2. The van der Waals surface area contributed by atoms with Gasteiger partial charge in [0.15, 0.2) is 0 Å². The minimum absolute atomic E-state index is 0.475. The van der Waals surface area contributed by atoms with Crippen LogP contribution >= 0.6 is 0 Å². The first kappa shape index (κ1) is 20.6. The number of rotatable bonds is 7. The second kappa shape index (κ2) is 6.47. The molecule has 0 saturated heterocycles. The van der Waals surface area contributed by atoms with Crippen molar-refractivity contribution in [2.45, 2.75) is 62.8 Å². The summed E-state index contributed by atoms with van der Waals surface area (Å²) in [6.07, 6.45) is 4.34. The van der Waals surface area contributed by atoms with Crippen molar-refractivity contribution in [3.05, 3.63) is 12.2 Å². The van der Waals surface area contributed by atoms with Gasteiger partial charge in [0, 0.05) is 6.42 Å². The SMILES string of the molecule is C=C(C)C(F)(CCOC(=O)C12CC3CC(CC(C3)C1)C2)C(F)(F)S(=O)(=O)O. The number of hydrogen-bond donors (Lipinski definition) is 1. The lowest BCUT2D eigenvalue weighted by Crippen LogP contribution is -2.52. The fraction of sp³-hybridized carbons (Fsp3) is 0.833. The minimum Gasteiger partial charge on any atom is -0.465 e. The normalized spacial score (nSPS) is 34.9. The highest BCUT2D eigenvalue weighted by Crippen LogP contribution is 2.60. The van der Waals surface area contributed by atoms with Gasteiger partial charge in [0.25, 0.3) is 0 Å². The van der Waals surface area contributed by atoms with Crippen LogP contribution in [-0.4, -0.2) is 36.5 Å². The van der Waals surface area contributed by atoms with Crippen LogP contribution < -0.4 is 0 Å². The molecule has 0 aromatic carbocycles. The van der Waals surface area contributed by atoms with Gasteiger partial charge in [-0.15, -0.1) is 0 Å². The largest absolute Gasteiger partial charge is 0.465 e. The molecule has 27 heavy (non-hydrogen) atoms. The number of carbonyl (C=O) groups excluding carboxylic acids is 1. The van der Waals surface area contributed by atoms with Crippen LogP contribution in [0.1, 0.15) is 51.9 Å². The molecule has 9 heteroatoms. The zero-order valence-electron chi connectivity index (χ0n) is 15.2. The third kappa shape index (κ3) is 3.30. The van der Waals surface area contributed by atoms with Gasteiger partial charge in [-0.3, -0.25) is 9.35 Å². The molecule has 4 fully saturated rings. The van der Waals surface area contributed by atoms with E-state index < -0.39 is 51.0 Å². The summed E-state index contributed by atoms with van der Waals surface area (Å²) < 4.78 is 78.5. The minimum atomic E-state index is -6.00. The van der Waals surface area contributed by atoms with Gasteiger partial charge in [0.1, 0.15) is 0 Å². The molecule has 154 valence electrons. The third-order valence-electron chi connectivity index (χ3n) is 6.61. The van der Waals surface area contributed by atoms with E-state index in [1.807, 2.05) is 0 Å². The monoisotopic (exact) mass is 410 g/mol. The summed E-state index contributed by atoms with van der Waals surface area (Å²) in [4.78, 5) is 12.7. The van der Waals surface area contributed by atoms with Gasteiger partial charge < -0.3 is 4.74 Å². The average molecular weight is 410 g/mol. The smallest absolute Gasteiger partial charge is 0.406 e. The van der Waals surface area contributed by atoms with Crippen molar-refractivity contribution < 1.29 is 35.7 Å². The Kier molecular flexibility index (Phi) is 4.95. The van der Waals surface area contributed by atoms with E-state index in [4.69, 9.17) is 9.29 Å². The first-order valence-electron chi connectivity index (χ1n) is 9.18. The average Bonchev–Trinajstić information content (AvgIpc) is 2.51. The molecule has 0 heterocycles. The van der Waals surface area contributed by atoms with Gasteiger partial charge in [-0.25, -0.2) is 4.39 Å². The van der Waals surface area contributed by atoms with Crippen molar-refractivity contribution in [1.82, 2.24) is 0 Å². The van der Waals surface area contributed by atoms with Crippen LogP contribution in [0.3, 0.4) is 0 Å². The van der Waals surface area contributed by atoms with Gasteiger partial charge >= 0.3 is 21.3 Å². The summed E-state index contributed by atoms with van der Waals surface area (Å²) in [5, 5.41) is -5.08. The van der Waals surface area contributed by atoms with Gasteiger partial charge in [0.05, 0.1) is 12.0 Å². The Morgan fingerprint density at radius 1 is 1.15 bits per heavy atom. The van der Waals surface area contributed by atoms with Crippen LogP contribution in [0.5, 0.6) is 0 Å². The van der Waals surface area contributed by atoms with E-state index in [9.17, 15) is 26.4 Å². The lowest BCUT2D eigenvalue weighted by Gasteiger charge is -2.55. The molecule has 1 atom stereocenters. The second-order valence-electron chi connectivity index (χ2n) is 8.66. The predicted molar refractivity (Wildman–Crippen MR) is 91.3 cm³/mol. The maximum atomic E-state index is 14.8. The van der Waals surface area contributed by atoms with E-state index in [1.54, 1.807) is 0 Å². The molecule has 4 bridgehead atoms. The molecule has 4 rings (SSSR count). The number of esters is 1. The topological polar surface area (TPSA) is 80.7 Å². The Bertz CT molecular complexity index is 713. The molecule has 0 aromatic heterocycles. The molecular weight excluding hydrogens is 385 g/mol. The molecule has 5 nitrogen and oxygen atoms in total. The highest BCUT2D eigenvalue weighted by molar-refractivity contribution is 7.87. The molecule has 1 N–H and O–H groups in total. The summed E-state index contributed by atoms with van der Waals surface area (Å²) >= 11 is 0. The maximum absolute atomic E-state index is 14.8. The zero-order valence-corrected chi connectivity index (χ0v) is 16.0. The Labute approximate surface area is 157 Å². The predicted octanol–water partition coefficient (Wildman–Crippen LogP) is 3.90. The highest BCUT2D eigenvalue weighted by Gasteiger charge is 2.64. The summed E-state index contributed by atoms with van der Waals surface area (Å²) in [7, 11) is -6.00. The van der Waals surface area contributed by atoms with E-state index in [0.717, 1.165) is 26.2 Å². The molecule has 4 aliphatic rings. The van der Waals surface area contributed by atoms with Crippen LogP contribution in [0, 0.1) is 23.2 Å². The van der Waals surface area contributed by atoms with Crippen molar-refractivity contribution in [2.24, 2.45) is 23.2 Å². The van der Waals surface area contributed by atoms with Crippen molar-refractivity contribution in [2.75, 3.05) is 6.61 Å². The first-order chi connectivity index (χ1) is 12.3. The lowest BCUT2D eigenvalue weighted by molar-refractivity contribution is -0.173. The molecule has 4 saturated carbocycles. The summed E-state index contributed by atoms with van der Waals surface area (Å²) in [5.41, 5.74) is -5.12. The second-order valence-corrected chi connectivity index (χ2v) is 10.1. The lowest BCUT2D eigenvalue weighted by atomic mass is 9.49. The number of ether oxygens (including phenoxy) is 1. The van der Waals surface area contributed by atoms with Gasteiger partial charge in [-0.2, -0.15) is 17.2 Å². The van der Waals surface area contributed by atoms with Crippen molar-refractivity contribution >= 4 is 16.1 Å². The van der Waals surface area contributed by atoms with E-state index in [2.05, 4.69) is 6.58 Å². The van der Waals surface area contributed by atoms with Crippen LogP contribution in [0.15, 0.2) is 12.2 Å². The molecule has 1 unspecified atom stereocenters. The number of allylic oxidation sites excluding steroid dienone is 1. The molecule has 0 aliphatic heterocycles. The molecule has 0 aromatic rings. The number of hydrogen-bond acceptors (Lipinski definition) is 4. The number of alkyl halides is 3. The summed E-state index contributed by atoms with van der Waals surface area (Å²) in [5.74, 6) is 0.913. The summed E-state index contributed by atoms with van der Waals surface area (Å²) in [6, 6.07) is 0. The Balaban J connectivity index is 1.68. The summed E-state index contributed by atoms with van der Waals surface area (Å²) in [6.45, 7) is 3.28. The van der Waals surface area contributed by atoms with E-state index >= 15 is 0 Å². The van der Waals surface area contributed by atoms with Crippen LogP contribution in [0.2, 0.25) is 0 Å². The van der Waals surface area contributed by atoms with Gasteiger partial charge in [-0.05, 0) is 68.8 Å². The fourth-order valence-corrected chi connectivity index (χ4v) is 6.30.